The minimum Gasteiger partial charge on any atom is -0.0622 e. The summed E-state index contributed by atoms with van der Waals surface area (Å²) < 4.78 is 0. The summed E-state index contributed by atoms with van der Waals surface area (Å²) >= 11 is 0. The normalized spacial score (nSPS) is 14.2. The van der Waals surface area contributed by atoms with Gasteiger partial charge in [-0.25, -0.2) is 0 Å². The Labute approximate surface area is 387 Å². The van der Waals surface area contributed by atoms with E-state index >= 15 is 0 Å². The average molecular weight is 843 g/mol. The Morgan fingerprint density at radius 3 is 0.803 bits per heavy atom. The lowest BCUT2D eigenvalue weighted by Gasteiger charge is -2.32. The first-order chi connectivity index (χ1) is 32.1. The van der Waals surface area contributed by atoms with E-state index < -0.39 is 0 Å². The molecule has 0 bridgehead atoms. The lowest BCUT2D eigenvalue weighted by molar-refractivity contribution is 0.601. The second-order valence-corrected chi connectivity index (χ2v) is 19.9. The molecule has 0 saturated heterocycles. The molecule has 0 heteroatoms. The molecule has 0 amide bonds. The van der Waals surface area contributed by atoms with Crippen LogP contribution in [-0.4, -0.2) is 0 Å². The highest BCUT2D eigenvalue weighted by atomic mass is 14.5. The van der Waals surface area contributed by atoms with Crippen LogP contribution >= 0.6 is 0 Å². The summed E-state index contributed by atoms with van der Waals surface area (Å²) in [6.45, 7) is 14.7. The first-order valence-corrected chi connectivity index (χ1v) is 23.6. The Hall–Kier alpha value is -7.54. The first kappa shape index (κ1) is 38.9. The smallest absolute Gasteiger partial charge is 0.0162 e. The minimum absolute atomic E-state index is 0.235. The van der Waals surface area contributed by atoms with Gasteiger partial charge in [-0.3, -0.25) is 0 Å². The van der Waals surface area contributed by atoms with E-state index in [1.165, 1.54) is 143 Å². The van der Waals surface area contributed by atoms with Crippen LogP contribution in [0, 0.1) is 13.8 Å². The van der Waals surface area contributed by atoms with Crippen LogP contribution in [0.4, 0.5) is 0 Å². The van der Waals surface area contributed by atoms with Crippen LogP contribution in [0.25, 0.3) is 110 Å². The van der Waals surface area contributed by atoms with Crippen molar-refractivity contribution in [1.82, 2.24) is 0 Å². The molecule has 0 fully saturated rings. The van der Waals surface area contributed by atoms with Crippen LogP contribution < -0.4 is 0 Å². The molecule has 0 spiro atoms. The van der Waals surface area contributed by atoms with Gasteiger partial charge in [0.1, 0.15) is 0 Å². The maximum atomic E-state index is 2.55. The fourth-order valence-corrected chi connectivity index (χ4v) is 12.8. The highest BCUT2D eigenvalue weighted by Gasteiger charge is 2.47. The highest BCUT2D eigenvalue weighted by molar-refractivity contribution is 6.23. The molecule has 11 aromatic carbocycles. The Bertz CT molecular complexity index is 3490. The Morgan fingerprint density at radius 2 is 0.515 bits per heavy atom. The van der Waals surface area contributed by atoms with Crippen LogP contribution in [-0.2, 0) is 10.8 Å². The van der Waals surface area contributed by atoms with Gasteiger partial charge in [-0.05, 0) is 169 Å². The van der Waals surface area contributed by atoms with Gasteiger partial charge >= 0.3 is 0 Å². The van der Waals surface area contributed by atoms with Crippen molar-refractivity contribution in [1.29, 1.82) is 0 Å². The molecule has 0 N–H and O–H groups in total. The molecule has 0 nitrogen and oxygen atoms in total. The first-order valence-electron chi connectivity index (χ1n) is 23.6. The quantitative estimate of drug-likeness (QED) is 0.155. The molecule has 0 aliphatic heterocycles. The van der Waals surface area contributed by atoms with Gasteiger partial charge < -0.3 is 0 Å². The van der Waals surface area contributed by atoms with Crippen molar-refractivity contribution in [2.24, 2.45) is 0 Å². The Morgan fingerprint density at radius 1 is 0.258 bits per heavy atom. The number of hydrogen-bond donors (Lipinski definition) is 0. The van der Waals surface area contributed by atoms with Gasteiger partial charge in [-0.2, -0.15) is 0 Å². The summed E-state index contributed by atoms with van der Waals surface area (Å²) in [4.78, 5) is 0. The molecule has 0 radical (unpaired) electrons. The SMILES string of the molecule is Cc1c(C)c2c(c3c1-c1ccc(-c4c5ccccc5c(-c5ccccc5)c5ccccc45)cc1C3(C)C)C(C)(C)c1cc(-c3c4ccccc4c(-c4ccccc4)c4ccccc34)ccc1-2. The van der Waals surface area contributed by atoms with E-state index in [4.69, 9.17) is 0 Å². The number of fused-ring (bicyclic) bond motifs is 11. The molecular formula is C66H50. The summed E-state index contributed by atoms with van der Waals surface area (Å²) in [7, 11) is 0. The molecule has 0 atom stereocenters. The van der Waals surface area contributed by atoms with E-state index in [0.29, 0.717) is 0 Å². The van der Waals surface area contributed by atoms with Gasteiger partial charge in [0.25, 0.3) is 0 Å². The van der Waals surface area contributed by atoms with Crippen molar-refractivity contribution < 1.29 is 0 Å². The largest absolute Gasteiger partial charge is 0.0622 e. The predicted molar refractivity (Wildman–Crippen MR) is 283 cm³/mol. The van der Waals surface area contributed by atoms with E-state index in [1.807, 2.05) is 0 Å². The number of benzene rings is 11. The monoisotopic (exact) mass is 842 g/mol. The second kappa shape index (κ2) is 14.0. The third-order valence-electron chi connectivity index (χ3n) is 15.8. The molecule has 0 unspecified atom stereocenters. The van der Waals surface area contributed by atoms with E-state index in [2.05, 4.69) is 236 Å². The number of rotatable bonds is 4. The molecule has 66 heavy (non-hydrogen) atoms. The zero-order chi connectivity index (χ0) is 44.6. The zero-order valence-electron chi connectivity index (χ0n) is 38.5. The maximum absolute atomic E-state index is 2.55. The molecular weight excluding hydrogens is 793 g/mol. The summed E-state index contributed by atoms with van der Waals surface area (Å²) in [6.07, 6.45) is 0. The van der Waals surface area contributed by atoms with Crippen molar-refractivity contribution in [2.45, 2.75) is 52.4 Å². The van der Waals surface area contributed by atoms with Crippen molar-refractivity contribution >= 4 is 43.1 Å². The van der Waals surface area contributed by atoms with Gasteiger partial charge in [-0.15, -0.1) is 0 Å². The van der Waals surface area contributed by atoms with Crippen LogP contribution in [0.5, 0.6) is 0 Å². The molecule has 2 aliphatic rings. The van der Waals surface area contributed by atoms with Gasteiger partial charge in [0.05, 0.1) is 0 Å². The molecule has 2 aliphatic carbocycles. The lowest BCUT2D eigenvalue weighted by Crippen LogP contribution is -2.24. The van der Waals surface area contributed by atoms with Crippen molar-refractivity contribution in [2.75, 3.05) is 0 Å². The van der Waals surface area contributed by atoms with E-state index in [1.54, 1.807) is 0 Å². The second-order valence-electron chi connectivity index (χ2n) is 19.9. The maximum Gasteiger partial charge on any atom is 0.0162 e. The molecule has 13 rings (SSSR count). The Kier molecular flexibility index (Phi) is 8.24. The van der Waals surface area contributed by atoms with Gasteiger partial charge in [0.2, 0.25) is 0 Å². The standard InChI is InChI=1S/C66H50/c1-39-40(2)58-54-36-34-44(62-51-31-19-15-27-47(51)60(42-23-11-8-12-24-42)48-28-16-20-32-52(48)62)38-56(54)66(5,6)64(58)63-57(39)53-35-33-43(37-55(53)65(63,3)4)61-49-29-17-13-25-45(49)59(41-21-9-7-10-22-41)46-26-14-18-30-50(46)61/h7-38H,1-6H3. The van der Waals surface area contributed by atoms with Crippen LogP contribution in [0.15, 0.2) is 194 Å². The zero-order valence-corrected chi connectivity index (χ0v) is 38.5. The average Bonchev–Trinajstić information content (AvgIpc) is 3.73. The van der Waals surface area contributed by atoms with E-state index in [-0.39, 0.29) is 10.8 Å². The molecule has 0 saturated carbocycles. The topological polar surface area (TPSA) is 0 Å². The van der Waals surface area contributed by atoms with E-state index in [0.717, 1.165) is 0 Å². The third-order valence-corrected chi connectivity index (χ3v) is 15.8. The fourth-order valence-electron chi connectivity index (χ4n) is 12.8. The predicted octanol–water partition coefficient (Wildman–Crippen LogP) is 18.2. The summed E-state index contributed by atoms with van der Waals surface area (Å²) in [6, 6.07) is 72.8. The Balaban J connectivity index is 0.997. The van der Waals surface area contributed by atoms with Gasteiger partial charge in [-0.1, -0.05) is 210 Å². The lowest BCUT2D eigenvalue weighted by atomic mass is 9.71. The van der Waals surface area contributed by atoms with Gasteiger partial charge in [0, 0.05) is 10.8 Å². The highest BCUT2D eigenvalue weighted by Crippen LogP contribution is 2.62. The molecule has 0 heterocycles. The number of hydrogen-bond acceptors (Lipinski definition) is 0. The van der Waals surface area contributed by atoms with Crippen LogP contribution in [0.3, 0.4) is 0 Å². The van der Waals surface area contributed by atoms with Crippen molar-refractivity contribution in [3.05, 3.63) is 228 Å². The van der Waals surface area contributed by atoms with Crippen molar-refractivity contribution in [3.8, 4) is 66.8 Å². The van der Waals surface area contributed by atoms with Crippen LogP contribution in [0.2, 0.25) is 0 Å². The molecule has 314 valence electrons. The van der Waals surface area contributed by atoms with Gasteiger partial charge in [0.15, 0.2) is 0 Å². The minimum atomic E-state index is -0.235. The summed E-state index contributed by atoms with van der Waals surface area (Å²) in [5, 5.41) is 10.3. The molecule has 11 aromatic rings. The van der Waals surface area contributed by atoms with Crippen LogP contribution in [0.1, 0.15) is 61.1 Å². The fraction of sp³-hybridized carbons (Fsp3) is 0.121. The third kappa shape index (κ3) is 5.22. The van der Waals surface area contributed by atoms with E-state index in [9.17, 15) is 0 Å². The molecule has 0 aromatic heterocycles. The summed E-state index contributed by atoms with van der Waals surface area (Å²) in [5.74, 6) is 0. The van der Waals surface area contributed by atoms with Crippen molar-refractivity contribution in [3.63, 3.8) is 0 Å². The summed E-state index contributed by atoms with van der Waals surface area (Å²) in [5.41, 5.74) is 24.0.